The molecule has 3 aromatic heterocycles. The number of nitrogens with zero attached hydrogens (tertiary/aromatic N) is 6. The molecule has 8 heteroatoms. The van der Waals surface area contributed by atoms with Crippen LogP contribution in [0.15, 0.2) is 146 Å². The summed E-state index contributed by atoms with van der Waals surface area (Å²) in [7, 11) is 4.09. The summed E-state index contributed by atoms with van der Waals surface area (Å²) >= 11 is 0. The largest absolute Gasteiger partial charge is 0.509 e. The second-order valence-corrected chi connectivity index (χ2v) is 12.1. The van der Waals surface area contributed by atoms with E-state index in [2.05, 4.69) is 104 Å². The molecule has 50 heavy (non-hydrogen) atoms. The number of para-hydroxylation sites is 3. The van der Waals surface area contributed by atoms with Gasteiger partial charge in [0.15, 0.2) is 0 Å². The van der Waals surface area contributed by atoms with Gasteiger partial charge in [-0.1, -0.05) is 65.5 Å². The van der Waals surface area contributed by atoms with Crippen molar-refractivity contribution in [2.24, 2.45) is 0 Å². The molecule has 0 bridgehead atoms. The van der Waals surface area contributed by atoms with E-state index >= 15 is 0 Å². The third-order valence-electron chi connectivity index (χ3n) is 8.88. The van der Waals surface area contributed by atoms with Crippen LogP contribution in [0.1, 0.15) is 0 Å². The summed E-state index contributed by atoms with van der Waals surface area (Å²) in [5.74, 6) is 2.00. The molecule has 4 heterocycles. The predicted molar refractivity (Wildman–Crippen MR) is 199 cm³/mol. The fourth-order valence-corrected chi connectivity index (χ4v) is 6.60. The maximum Gasteiger partial charge on any atom is 0.137 e. The molecule has 8 aromatic rings. The van der Waals surface area contributed by atoms with Crippen LogP contribution in [-0.4, -0.2) is 28.2 Å². The van der Waals surface area contributed by atoms with Crippen molar-refractivity contribution in [2.45, 2.75) is 0 Å². The average molecular weight is 742 g/mol. The van der Waals surface area contributed by atoms with Crippen LogP contribution >= 0.6 is 0 Å². The normalized spacial score (nSPS) is 12.6. The zero-order chi connectivity index (χ0) is 32.9. The van der Waals surface area contributed by atoms with Gasteiger partial charge in [0.25, 0.3) is 0 Å². The van der Waals surface area contributed by atoms with Crippen molar-refractivity contribution in [2.75, 3.05) is 28.8 Å². The maximum atomic E-state index is 6.49. The van der Waals surface area contributed by atoms with E-state index in [0.717, 1.165) is 61.4 Å². The molecule has 0 radical (unpaired) electrons. The van der Waals surface area contributed by atoms with E-state index in [0.29, 0.717) is 11.5 Å². The molecule has 0 saturated heterocycles. The molecule has 9 rings (SSSR count). The number of ether oxygens (including phenoxy) is 1. The average Bonchev–Trinajstić information content (AvgIpc) is 3.86. The second kappa shape index (κ2) is 12.9. The summed E-state index contributed by atoms with van der Waals surface area (Å²) in [4.78, 5) is 11.1. The standard InChI is InChI=1S/C42H31N6O.Pd/c1-44(2)32-22-23-43-40(27-32)48-39-28-35(49-34-17-11-16-33(26-34)46-25-24-45(29-46)30-12-5-3-6-13-30)20-21-37(39)41-42(48)36-18-9-10-19-38(36)47(41)31-14-7-4-8-15-31;/h3-25,27,29H,1-2H3;/q-3;. The van der Waals surface area contributed by atoms with Crippen molar-refractivity contribution < 1.29 is 25.2 Å². The molecule has 0 fully saturated rings. The first-order chi connectivity index (χ1) is 24.1. The Morgan fingerprint density at radius 1 is 0.640 bits per heavy atom. The Hall–Kier alpha value is -5.81. The predicted octanol–water partition coefficient (Wildman–Crippen LogP) is 9.50. The molecule has 0 aliphatic carbocycles. The first-order valence-corrected chi connectivity index (χ1v) is 16.2. The van der Waals surface area contributed by atoms with Gasteiger partial charge in [0.2, 0.25) is 0 Å². The van der Waals surface area contributed by atoms with Gasteiger partial charge in [-0.2, -0.15) is 12.1 Å². The Bertz CT molecular complexity index is 2500. The molecule has 1 aliphatic heterocycles. The van der Waals surface area contributed by atoms with Gasteiger partial charge in [-0.15, -0.1) is 42.7 Å². The molecular formula is C42H31N6OPd-3. The Morgan fingerprint density at radius 3 is 2.14 bits per heavy atom. The Kier molecular flexibility index (Phi) is 8.12. The number of anilines is 3. The third kappa shape index (κ3) is 5.40. The topological polar surface area (TPSA) is 41.7 Å². The van der Waals surface area contributed by atoms with Gasteiger partial charge in [0.05, 0.1) is 11.0 Å². The molecule has 1 aliphatic rings. The number of rotatable bonds is 7. The van der Waals surface area contributed by atoms with Crippen molar-refractivity contribution in [1.82, 2.24) is 14.1 Å². The fourth-order valence-electron chi connectivity index (χ4n) is 6.60. The van der Waals surface area contributed by atoms with E-state index in [4.69, 9.17) is 9.72 Å². The molecule has 0 atom stereocenters. The Labute approximate surface area is 304 Å². The van der Waals surface area contributed by atoms with Crippen LogP contribution in [0.4, 0.5) is 17.1 Å². The van der Waals surface area contributed by atoms with E-state index in [1.54, 1.807) is 0 Å². The van der Waals surface area contributed by atoms with Gasteiger partial charge in [0, 0.05) is 86.2 Å². The van der Waals surface area contributed by atoms with Crippen LogP contribution in [0.3, 0.4) is 0 Å². The van der Waals surface area contributed by atoms with E-state index in [-0.39, 0.29) is 20.4 Å². The SMILES string of the molecule is CN(C)c1ccnc(-n2c3[c-]c(Oc4[c-]c(N5C=CN(c6ccccc6)[CH-]5)ccc4)ccc3c3c2c2ccccc2n3-c2ccccc2)c1.[Pd]. The molecular weight excluding hydrogens is 711 g/mol. The minimum atomic E-state index is 0. The summed E-state index contributed by atoms with van der Waals surface area (Å²) in [5.41, 5.74) is 8.28. The zero-order valence-corrected chi connectivity index (χ0v) is 28.9. The van der Waals surface area contributed by atoms with E-state index in [9.17, 15) is 0 Å². The quantitative estimate of drug-likeness (QED) is 0.120. The first-order valence-electron chi connectivity index (χ1n) is 16.2. The number of aromatic nitrogens is 3. The first kappa shape index (κ1) is 31.5. The summed E-state index contributed by atoms with van der Waals surface area (Å²) in [6.45, 7) is 2.03. The number of hydrogen-bond acceptors (Lipinski definition) is 5. The maximum absolute atomic E-state index is 6.49. The van der Waals surface area contributed by atoms with Crippen LogP contribution in [0.5, 0.6) is 11.5 Å². The van der Waals surface area contributed by atoms with Gasteiger partial charge in [-0.05, 0) is 48.8 Å². The number of pyridine rings is 1. The Morgan fingerprint density at radius 2 is 1.34 bits per heavy atom. The van der Waals surface area contributed by atoms with Crippen molar-refractivity contribution in [3.63, 3.8) is 0 Å². The smallest absolute Gasteiger partial charge is 0.137 e. The van der Waals surface area contributed by atoms with Crippen molar-refractivity contribution >= 4 is 49.9 Å². The number of fused-ring (bicyclic) bond motifs is 5. The summed E-state index contributed by atoms with van der Waals surface area (Å²) in [6.07, 6.45) is 5.91. The molecule has 5 aromatic carbocycles. The number of hydrogen-bond donors (Lipinski definition) is 0. The molecule has 0 N–H and O–H groups in total. The van der Waals surface area contributed by atoms with Gasteiger partial charge in [0.1, 0.15) is 5.82 Å². The molecule has 0 unspecified atom stereocenters. The molecule has 0 spiro atoms. The summed E-state index contributed by atoms with van der Waals surface area (Å²) < 4.78 is 11.0. The van der Waals surface area contributed by atoms with Gasteiger partial charge in [-0.25, -0.2) is 4.98 Å². The zero-order valence-electron chi connectivity index (χ0n) is 27.3. The van der Waals surface area contributed by atoms with E-state index in [1.165, 1.54) is 0 Å². The van der Waals surface area contributed by atoms with Gasteiger partial charge < -0.3 is 28.6 Å². The number of benzene rings is 5. The van der Waals surface area contributed by atoms with Crippen LogP contribution < -0.4 is 19.4 Å². The van der Waals surface area contributed by atoms with E-state index < -0.39 is 0 Å². The minimum Gasteiger partial charge on any atom is -0.509 e. The Balaban J connectivity index is 0.00000361. The summed E-state index contributed by atoms with van der Waals surface area (Å²) in [5, 5.41) is 2.18. The van der Waals surface area contributed by atoms with Crippen molar-refractivity contribution in [1.29, 1.82) is 0 Å². The van der Waals surface area contributed by atoms with Gasteiger partial charge >= 0.3 is 0 Å². The minimum absolute atomic E-state index is 0. The summed E-state index contributed by atoms with van der Waals surface area (Å²) in [6, 6.07) is 50.6. The van der Waals surface area contributed by atoms with Crippen LogP contribution in [0.2, 0.25) is 0 Å². The van der Waals surface area contributed by atoms with E-state index in [1.807, 2.05) is 98.9 Å². The molecule has 7 nitrogen and oxygen atoms in total. The third-order valence-corrected chi connectivity index (χ3v) is 8.88. The van der Waals surface area contributed by atoms with Crippen molar-refractivity contribution in [3.05, 3.63) is 165 Å². The van der Waals surface area contributed by atoms with Gasteiger partial charge in [-0.3, -0.25) is 0 Å². The van der Waals surface area contributed by atoms with Crippen LogP contribution in [-0.2, 0) is 20.4 Å². The van der Waals surface area contributed by atoms with Crippen LogP contribution in [0, 0.1) is 18.8 Å². The van der Waals surface area contributed by atoms with Crippen LogP contribution in [0.25, 0.3) is 44.3 Å². The monoisotopic (exact) mass is 741 g/mol. The molecule has 248 valence electrons. The molecule has 0 amide bonds. The van der Waals surface area contributed by atoms with Crippen molar-refractivity contribution in [3.8, 4) is 23.0 Å². The molecule has 0 saturated carbocycles. The second-order valence-electron chi connectivity index (χ2n) is 12.1. The fraction of sp³-hybridized carbons (Fsp3) is 0.0476.